The Hall–Kier alpha value is -1.09. The van der Waals surface area contributed by atoms with Gasteiger partial charge in [0.05, 0.1) is 5.54 Å². The second kappa shape index (κ2) is 4.65. The van der Waals surface area contributed by atoms with Crippen molar-refractivity contribution in [2.24, 2.45) is 5.73 Å². The van der Waals surface area contributed by atoms with E-state index < -0.39 is 0 Å². The lowest BCUT2D eigenvalue weighted by Crippen LogP contribution is -2.52. The average molecular weight is 236 g/mol. The zero-order chi connectivity index (χ0) is 12.5. The van der Waals surface area contributed by atoms with Crippen LogP contribution in [0.4, 0.5) is 10.1 Å². The van der Waals surface area contributed by atoms with E-state index in [2.05, 4.69) is 18.7 Å². The van der Waals surface area contributed by atoms with Gasteiger partial charge >= 0.3 is 0 Å². The molecule has 94 valence electrons. The molecule has 2 nitrogen and oxygen atoms in total. The van der Waals surface area contributed by atoms with Gasteiger partial charge in [0, 0.05) is 18.8 Å². The zero-order valence-electron chi connectivity index (χ0n) is 10.7. The number of rotatable bonds is 4. The van der Waals surface area contributed by atoms with Gasteiger partial charge < -0.3 is 10.6 Å². The molecule has 17 heavy (non-hydrogen) atoms. The van der Waals surface area contributed by atoms with Gasteiger partial charge in [0.2, 0.25) is 0 Å². The summed E-state index contributed by atoms with van der Waals surface area (Å²) in [4.78, 5) is 2.31. The SMILES string of the molecule is CCC(CC)(CN)N1CCc2ccc(F)cc21. The van der Waals surface area contributed by atoms with E-state index in [0.29, 0.717) is 6.54 Å². The molecule has 2 N–H and O–H groups in total. The molecule has 0 amide bonds. The highest BCUT2D eigenvalue weighted by molar-refractivity contribution is 5.60. The van der Waals surface area contributed by atoms with Crippen molar-refractivity contribution in [1.82, 2.24) is 0 Å². The fourth-order valence-corrected chi connectivity index (χ4v) is 2.88. The molecule has 0 bridgehead atoms. The summed E-state index contributed by atoms with van der Waals surface area (Å²) >= 11 is 0. The van der Waals surface area contributed by atoms with Crippen LogP contribution in [0.25, 0.3) is 0 Å². The standard InChI is InChI=1S/C14H21FN2/c1-3-14(4-2,10-16)17-8-7-11-5-6-12(15)9-13(11)17/h5-6,9H,3-4,7-8,10,16H2,1-2H3. The van der Waals surface area contributed by atoms with Crippen LogP contribution in [0.5, 0.6) is 0 Å². The molecule has 0 spiro atoms. The number of anilines is 1. The molecule has 0 fully saturated rings. The first kappa shape index (κ1) is 12.4. The summed E-state index contributed by atoms with van der Waals surface area (Å²) < 4.78 is 13.4. The second-order valence-corrected chi connectivity index (χ2v) is 4.81. The topological polar surface area (TPSA) is 29.3 Å². The summed E-state index contributed by atoms with van der Waals surface area (Å²) in [6.45, 7) is 5.90. The molecule has 1 heterocycles. The lowest BCUT2D eigenvalue weighted by molar-refractivity contribution is 0.374. The van der Waals surface area contributed by atoms with Crippen LogP contribution in [0.15, 0.2) is 18.2 Å². The molecule has 0 saturated heterocycles. The van der Waals surface area contributed by atoms with Crippen LogP contribution >= 0.6 is 0 Å². The summed E-state index contributed by atoms with van der Waals surface area (Å²) in [5.41, 5.74) is 8.24. The fourth-order valence-electron chi connectivity index (χ4n) is 2.88. The third kappa shape index (κ3) is 1.93. The Morgan fingerprint density at radius 3 is 2.65 bits per heavy atom. The molecule has 1 aromatic rings. The predicted molar refractivity (Wildman–Crippen MR) is 69.8 cm³/mol. The smallest absolute Gasteiger partial charge is 0.125 e. The van der Waals surface area contributed by atoms with Crippen LogP contribution in [-0.4, -0.2) is 18.6 Å². The summed E-state index contributed by atoms with van der Waals surface area (Å²) in [6.07, 6.45) is 2.99. The van der Waals surface area contributed by atoms with E-state index in [4.69, 9.17) is 5.73 Å². The molecule has 3 heteroatoms. The largest absolute Gasteiger partial charge is 0.364 e. The van der Waals surface area contributed by atoms with E-state index in [1.54, 1.807) is 12.1 Å². The van der Waals surface area contributed by atoms with E-state index >= 15 is 0 Å². The first-order valence-electron chi connectivity index (χ1n) is 6.43. The molecule has 0 aliphatic carbocycles. The number of hydrogen-bond acceptors (Lipinski definition) is 2. The van der Waals surface area contributed by atoms with Crippen molar-refractivity contribution in [3.05, 3.63) is 29.6 Å². The van der Waals surface area contributed by atoms with Crippen LogP contribution in [-0.2, 0) is 6.42 Å². The highest BCUT2D eigenvalue weighted by Crippen LogP contribution is 2.36. The van der Waals surface area contributed by atoms with Crippen molar-refractivity contribution in [2.45, 2.75) is 38.6 Å². The zero-order valence-corrected chi connectivity index (χ0v) is 10.7. The first-order chi connectivity index (χ1) is 8.16. The van der Waals surface area contributed by atoms with E-state index in [1.807, 2.05) is 6.07 Å². The Morgan fingerprint density at radius 2 is 2.06 bits per heavy atom. The van der Waals surface area contributed by atoms with Crippen molar-refractivity contribution in [1.29, 1.82) is 0 Å². The van der Waals surface area contributed by atoms with Gasteiger partial charge in [-0.3, -0.25) is 0 Å². The van der Waals surface area contributed by atoms with Gasteiger partial charge in [-0.25, -0.2) is 4.39 Å². The molecule has 0 saturated carbocycles. The van der Waals surface area contributed by atoms with Gasteiger partial charge in [0.25, 0.3) is 0 Å². The molecule has 0 aromatic heterocycles. The molecule has 1 aliphatic heterocycles. The van der Waals surface area contributed by atoms with Gasteiger partial charge in [-0.1, -0.05) is 19.9 Å². The number of fused-ring (bicyclic) bond motifs is 1. The third-order valence-corrected chi connectivity index (χ3v) is 4.21. The molecule has 0 radical (unpaired) electrons. The van der Waals surface area contributed by atoms with Crippen molar-refractivity contribution in [2.75, 3.05) is 18.0 Å². The lowest BCUT2D eigenvalue weighted by atomic mass is 9.90. The number of hydrogen-bond donors (Lipinski definition) is 1. The first-order valence-corrected chi connectivity index (χ1v) is 6.43. The highest BCUT2D eigenvalue weighted by atomic mass is 19.1. The van der Waals surface area contributed by atoms with E-state index in [1.165, 1.54) is 5.56 Å². The monoisotopic (exact) mass is 236 g/mol. The van der Waals surface area contributed by atoms with Crippen molar-refractivity contribution < 1.29 is 4.39 Å². The summed E-state index contributed by atoms with van der Waals surface area (Å²) in [5.74, 6) is -0.159. The third-order valence-electron chi connectivity index (χ3n) is 4.21. The Balaban J connectivity index is 2.41. The summed E-state index contributed by atoms with van der Waals surface area (Å²) in [6, 6.07) is 5.10. The van der Waals surface area contributed by atoms with Gasteiger partial charge in [-0.15, -0.1) is 0 Å². The van der Waals surface area contributed by atoms with Gasteiger partial charge in [-0.2, -0.15) is 0 Å². The van der Waals surface area contributed by atoms with E-state index in [9.17, 15) is 4.39 Å². The van der Waals surface area contributed by atoms with Crippen LogP contribution in [0.2, 0.25) is 0 Å². The number of nitrogens with two attached hydrogens (primary N) is 1. The van der Waals surface area contributed by atoms with Crippen LogP contribution in [0.1, 0.15) is 32.3 Å². The summed E-state index contributed by atoms with van der Waals surface area (Å²) in [7, 11) is 0. The van der Waals surface area contributed by atoms with Crippen molar-refractivity contribution >= 4 is 5.69 Å². The molecule has 2 rings (SSSR count). The molecule has 0 unspecified atom stereocenters. The predicted octanol–water partition coefficient (Wildman–Crippen LogP) is 2.71. The Kier molecular flexibility index (Phi) is 3.38. The molecule has 1 aliphatic rings. The normalized spacial score (nSPS) is 15.2. The van der Waals surface area contributed by atoms with E-state index in [-0.39, 0.29) is 11.4 Å². The maximum Gasteiger partial charge on any atom is 0.125 e. The summed E-state index contributed by atoms with van der Waals surface area (Å²) in [5, 5.41) is 0. The van der Waals surface area contributed by atoms with E-state index in [0.717, 1.165) is 31.5 Å². The van der Waals surface area contributed by atoms with Crippen LogP contribution < -0.4 is 10.6 Å². The molecular weight excluding hydrogens is 215 g/mol. The minimum atomic E-state index is -0.159. The average Bonchev–Trinajstić information content (AvgIpc) is 2.76. The number of nitrogens with zero attached hydrogens (tertiary/aromatic N) is 1. The number of benzene rings is 1. The Bertz CT molecular complexity index is 391. The second-order valence-electron chi connectivity index (χ2n) is 4.81. The van der Waals surface area contributed by atoms with Crippen LogP contribution in [0, 0.1) is 5.82 Å². The van der Waals surface area contributed by atoms with Crippen molar-refractivity contribution in [3.63, 3.8) is 0 Å². The molecule has 0 atom stereocenters. The number of halogens is 1. The maximum atomic E-state index is 13.4. The van der Waals surface area contributed by atoms with Crippen molar-refractivity contribution in [3.8, 4) is 0 Å². The van der Waals surface area contributed by atoms with Crippen LogP contribution in [0.3, 0.4) is 0 Å². The highest BCUT2D eigenvalue weighted by Gasteiger charge is 2.36. The maximum absolute atomic E-state index is 13.4. The molecular formula is C14H21FN2. The fraction of sp³-hybridized carbons (Fsp3) is 0.571. The quantitative estimate of drug-likeness (QED) is 0.871. The lowest BCUT2D eigenvalue weighted by Gasteiger charge is -2.42. The molecule has 1 aromatic carbocycles. The van der Waals surface area contributed by atoms with Gasteiger partial charge in [0.1, 0.15) is 5.82 Å². The Morgan fingerprint density at radius 1 is 1.35 bits per heavy atom. The minimum Gasteiger partial charge on any atom is -0.364 e. The van der Waals surface area contributed by atoms with Gasteiger partial charge in [-0.05, 0) is 37.0 Å². The Labute approximate surface area is 103 Å². The minimum absolute atomic E-state index is 0.0148. The van der Waals surface area contributed by atoms with Gasteiger partial charge in [0.15, 0.2) is 0 Å².